The maximum absolute atomic E-state index is 6.12. The topological polar surface area (TPSA) is 35.2 Å². The molecule has 0 spiro atoms. The van der Waals surface area contributed by atoms with Crippen molar-refractivity contribution in [3.8, 4) is 5.75 Å². The number of benzene rings is 1. The number of hydrogen-bond acceptors (Lipinski definition) is 2. The van der Waals surface area contributed by atoms with E-state index in [-0.39, 0.29) is 0 Å². The lowest BCUT2D eigenvalue weighted by Crippen LogP contribution is -2.07. The van der Waals surface area contributed by atoms with Crippen LogP contribution < -0.4 is 10.5 Å². The van der Waals surface area contributed by atoms with Crippen LogP contribution in [-0.4, -0.2) is 11.6 Å². The smallest absolute Gasteiger partial charge is 0.122 e. The molecule has 2 nitrogen and oxygen atoms in total. The van der Waals surface area contributed by atoms with Crippen LogP contribution in [0.5, 0.6) is 5.75 Å². The van der Waals surface area contributed by atoms with Crippen LogP contribution in [0.4, 0.5) is 0 Å². The summed E-state index contributed by atoms with van der Waals surface area (Å²) in [5.74, 6) is 0.914. The standard InChI is InChI=1S/C13H18ClNOS/c1-3-16-12-7-9(2)11(14)8-10(12)5-4-6-13(15)17/h7-8H,3-6H2,1-2H3,(H2,15,17). The van der Waals surface area contributed by atoms with E-state index in [1.165, 1.54) is 0 Å². The van der Waals surface area contributed by atoms with Crippen molar-refractivity contribution in [3.05, 3.63) is 28.3 Å². The number of halogens is 1. The molecule has 0 amide bonds. The van der Waals surface area contributed by atoms with Gasteiger partial charge in [0, 0.05) is 5.02 Å². The van der Waals surface area contributed by atoms with E-state index in [2.05, 4.69) is 0 Å². The fourth-order valence-electron chi connectivity index (χ4n) is 1.63. The zero-order valence-corrected chi connectivity index (χ0v) is 11.8. The second-order valence-electron chi connectivity index (χ2n) is 3.96. The van der Waals surface area contributed by atoms with E-state index < -0.39 is 0 Å². The zero-order valence-electron chi connectivity index (χ0n) is 10.3. The third-order valence-corrected chi connectivity index (χ3v) is 3.12. The quantitative estimate of drug-likeness (QED) is 0.802. The summed E-state index contributed by atoms with van der Waals surface area (Å²) < 4.78 is 5.61. The van der Waals surface area contributed by atoms with Crippen molar-refractivity contribution in [1.82, 2.24) is 0 Å². The Bertz CT molecular complexity index is 407. The SMILES string of the molecule is CCOc1cc(C)c(Cl)cc1CCCC(N)=S. The highest BCUT2D eigenvalue weighted by Crippen LogP contribution is 2.28. The molecule has 0 fully saturated rings. The molecule has 0 aromatic heterocycles. The molecule has 17 heavy (non-hydrogen) atoms. The van der Waals surface area contributed by atoms with Crippen molar-refractivity contribution in [2.45, 2.75) is 33.1 Å². The van der Waals surface area contributed by atoms with E-state index in [9.17, 15) is 0 Å². The molecule has 1 aromatic carbocycles. The minimum Gasteiger partial charge on any atom is -0.494 e. The van der Waals surface area contributed by atoms with E-state index in [0.29, 0.717) is 11.6 Å². The van der Waals surface area contributed by atoms with Gasteiger partial charge >= 0.3 is 0 Å². The summed E-state index contributed by atoms with van der Waals surface area (Å²) in [6, 6.07) is 3.96. The lowest BCUT2D eigenvalue weighted by atomic mass is 10.0. The second kappa shape index (κ2) is 6.82. The molecule has 0 saturated heterocycles. The van der Waals surface area contributed by atoms with Crippen molar-refractivity contribution in [2.24, 2.45) is 5.73 Å². The number of nitrogens with two attached hydrogens (primary N) is 1. The van der Waals surface area contributed by atoms with Gasteiger partial charge in [-0.3, -0.25) is 0 Å². The number of rotatable bonds is 6. The second-order valence-corrected chi connectivity index (χ2v) is 4.89. The van der Waals surface area contributed by atoms with E-state index in [1.54, 1.807) is 0 Å². The summed E-state index contributed by atoms with van der Waals surface area (Å²) in [7, 11) is 0. The lowest BCUT2D eigenvalue weighted by Gasteiger charge is -2.12. The van der Waals surface area contributed by atoms with E-state index >= 15 is 0 Å². The number of thiocarbonyl (C=S) groups is 1. The molecule has 0 aliphatic carbocycles. The van der Waals surface area contributed by atoms with Crippen LogP contribution in [0.3, 0.4) is 0 Å². The van der Waals surface area contributed by atoms with Gasteiger partial charge in [-0.05, 0) is 56.4 Å². The third kappa shape index (κ3) is 4.52. The van der Waals surface area contributed by atoms with E-state index in [1.807, 2.05) is 26.0 Å². The first-order valence-electron chi connectivity index (χ1n) is 5.74. The number of ether oxygens (including phenoxy) is 1. The Balaban J connectivity index is 2.80. The van der Waals surface area contributed by atoms with Crippen molar-refractivity contribution in [1.29, 1.82) is 0 Å². The van der Waals surface area contributed by atoms with Crippen molar-refractivity contribution >= 4 is 28.8 Å². The molecule has 0 unspecified atom stereocenters. The van der Waals surface area contributed by atoms with Crippen LogP contribution in [0.1, 0.15) is 30.9 Å². The van der Waals surface area contributed by atoms with Gasteiger partial charge < -0.3 is 10.5 Å². The van der Waals surface area contributed by atoms with Gasteiger partial charge in [0.2, 0.25) is 0 Å². The molecule has 0 bridgehead atoms. The largest absolute Gasteiger partial charge is 0.494 e. The van der Waals surface area contributed by atoms with Gasteiger partial charge in [-0.25, -0.2) is 0 Å². The maximum atomic E-state index is 6.12. The molecule has 0 heterocycles. The highest BCUT2D eigenvalue weighted by atomic mass is 35.5. The Morgan fingerprint density at radius 1 is 1.47 bits per heavy atom. The molecule has 0 atom stereocenters. The fourth-order valence-corrected chi connectivity index (χ4v) is 1.97. The van der Waals surface area contributed by atoms with Gasteiger partial charge in [0.15, 0.2) is 0 Å². The minimum absolute atomic E-state index is 0.557. The predicted molar refractivity (Wildman–Crippen MR) is 77.1 cm³/mol. The molecule has 1 aromatic rings. The highest BCUT2D eigenvalue weighted by Gasteiger charge is 2.07. The van der Waals surface area contributed by atoms with Crippen molar-refractivity contribution in [3.63, 3.8) is 0 Å². The molecule has 0 aliphatic heterocycles. The molecule has 0 aliphatic rings. The van der Waals surface area contributed by atoms with Crippen LogP contribution in [0.25, 0.3) is 0 Å². The molecule has 2 N–H and O–H groups in total. The molecule has 0 saturated carbocycles. The van der Waals surface area contributed by atoms with E-state index in [0.717, 1.165) is 41.2 Å². The van der Waals surface area contributed by atoms with Crippen LogP contribution in [0.15, 0.2) is 12.1 Å². The van der Waals surface area contributed by atoms with Crippen LogP contribution >= 0.6 is 23.8 Å². The first kappa shape index (κ1) is 14.3. The summed E-state index contributed by atoms with van der Waals surface area (Å²) >= 11 is 11.0. The van der Waals surface area contributed by atoms with Gasteiger partial charge in [0.05, 0.1) is 11.6 Å². The Morgan fingerprint density at radius 3 is 2.76 bits per heavy atom. The molecule has 1 rings (SSSR count). The van der Waals surface area contributed by atoms with Crippen molar-refractivity contribution in [2.75, 3.05) is 6.61 Å². The average Bonchev–Trinajstić information content (AvgIpc) is 2.24. The summed E-state index contributed by atoms with van der Waals surface area (Å²) in [4.78, 5) is 0.557. The molecule has 4 heteroatoms. The van der Waals surface area contributed by atoms with Gasteiger partial charge in [-0.1, -0.05) is 23.8 Å². The Morgan fingerprint density at radius 2 is 2.18 bits per heavy atom. The average molecular weight is 272 g/mol. The number of hydrogen-bond donors (Lipinski definition) is 1. The van der Waals surface area contributed by atoms with Crippen molar-refractivity contribution < 1.29 is 4.74 Å². The zero-order chi connectivity index (χ0) is 12.8. The first-order valence-corrected chi connectivity index (χ1v) is 6.53. The highest BCUT2D eigenvalue weighted by molar-refractivity contribution is 7.80. The molecule has 0 radical (unpaired) electrons. The third-order valence-electron chi connectivity index (χ3n) is 2.51. The van der Waals surface area contributed by atoms with Crippen LogP contribution in [-0.2, 0) is 6.42 Å². The predicted octanol–water partition coefficient (Wildman–Crippen LogP) is 3.66. The Labute approximate surface area is 113 Å². The number of aryl methyl sites for hydroxylation is 2. The van der Waals surface area contributed by atoms with Gasteiger partial charge in [0.25, 0.3) is 0 Å². The molecular weight excluding hydrogens is 254 g/mol. The van der Waals surface area contributed by atoms with Crippen LogP contribution in [0.2, 0.25) is 5.02 Å². The Hall–Kier alpha value is -0.800. The molecular formula is C13H18ClNOS. The van der Waals surface area contributed by atoms with Crippen LogP contribution in [0, 0.1) is 6.92 Å². The normalized spacial score (nSPS) is 10.3. The van der Waals surface area contributed by atoms with Gasteiger partial charge in [0.1, 0.15) is 5.75 Å². The summed E-state index contributed by atoms with van der Waals surface area (Å²) in [5, 5.41) is 0.777. The summed E-state index contributed by atoms with van der Waals surface area (Å²) in [6.45, 7) is 4.61. The Kier molecular flexibility index (Phi) is 5.72. The van der Waals surface area contributed by atoms with Gasteiger partial charge in [-0.2, -0.15) is 0 Å². The van der Waals surface area contributed by atoms with Gasteiger partial charge in [-0.15, -0.1) is 0 Å². The summed E-state index contributed by atoms with van der Waals surface area (Å²) in [6.07, 6.45) is 2.56. The fraction of sp³-hybridized carbons (Fsp3) is 0.462. The lowest BCUT2D eigenvalue weighted by molar-refractivity contribution is 0.336. The first-order chi connectivity index (χ1) is 8.04. The van der Waals surface area contributed by atoms with E-state index in [4.69, 9.17) is 34.3 Å². The maximum Gasteiger partial charge on any atom is 0.122 e. The molecule has 94 valence electrons. The minimum atomic E-state index is 0.557. The summed E-state index contributed by atoms with van der Waals surface area (Å²) in [5.41, 5.74) is 7.64. The monoisotopic (exact) mass is 271 g/mol.